The van der Waals surface area contributed by atoms with E-state index in [1.807, 2.05) is 4.98 Å². The normalized spacial score (nSPS) is 34.4. The van der Waals surface area contributed by atoms with Crippen molar-refractivity contribution in [2.45, 2.75) is 37.0 Å². The average Bonchev–Trinajstić information content (AvgIpc) is 2.51. The predicted octanol–water partition coefficient (Wildman–Crippen LogP) is -2.85. The minimum Gasteiger partial charge on any atom is -0.387 e. The molecule has 0 aliphatic carbocycles. The highest BCUT2D eigenvalue weighted by atomic mass is 19.1. The smallest absolute Gasteiger partial charge is 0.330 e. The van der Waals surface area contributed by atoms with E-state index in [0.717, 1.165) is 19.2 Å². The van der Waals surface area contributed by atoms with Crippen LogP contribution in [0, 0.1) is 0 Å². The molecule has 20 heavy (non-hydrogen) atoms. The van der Waals surface area contributed by atoms with Gasteiger partial charge < -0.3 is 25.2 Å². The molecule has 1 aliphatic rings. The van der Waals surface area contributed by atoms with Crippen LogP contribution in [0.5, 0.6) is 0 Å². The van der Waals surface area contributed by atoms with Gasteiger partial charge in [-0.25, -0.2) is 9.18 Å². The fourth-order valence-corrected chi connectivity index (χ4v) is 2.04. The third-order valence-electron chi connectivity index (χ3n) is 3.11. The second kappa shape index (κ2) is 4.46. The molecule has 3 unspecified atom stereocenters. The zero-order chi connectivity index (χ0) is 15.3. The van der Waals surface area contributed by atoms with Gasteiger partial charge in [0, 0.05) is 12.3 Å². The number of hydrogen-bond acceptors (Lipinski definition) is 7. The molecule has 1 aromatic heterocycles. The first kappa shape index (κ1) is 14.8. The summed E-state index contributed by atoms with van der Waals surface area (Å²) in [5.74, 6) is -3.49. The molecule has 1 saturated heterocycles. The molecule has 1 aromatic rings. The van der Waals surface area contributed by atoms with Crippen molar-refractivity contribution in [1.29, 1.82) is 0 Å². The van der Waals surface area contributed by atoms with Crippen molar-refractivity contribution in [2.24, 2.45) is 0 Å². The van der Waals surface area contributed by atoms with Crippen LogP contribution in [0.4, 0.5) is 4.39 Å². The number of nitrogens with one attached hydrogen (secondary N) is 1. The topological polar surface area (TPSA) is 145 Å². The number of halogens is 1. The van der Waals surface area contributed by atoms with Crippen LogP contribution in [0.15, 0.2) is 21.9 Å². The number of nitrogens with zero attached hydrogens (tertiary/aromatic N) is 1. The Kier molecular flexibility index (Phi) is 3.31. The molecule has 1 fully saturated rings. The van der Waals surface area contributed by atoms with Gasteiger partial charge in [-0.3, -0.25) is 14.3 Å². The van der Waals surface area contributed by atoms with Crippen LogP contribution in [-0.2, 0) is 4.74 Å². The summed E-state index contributed by atoms with van der Waals surface area (Å²) in [6.45, 7) is 0.853. The van der Waals surface area contributed by atoms with E-state index in [-0.39, 0.29) is 0 Å². The molecule has 0 aromatic carbocycles. The Labute approximate surface area is 110 Å². The van der Waals surface area contributed by atoms with E-state index in [1.165, 1.54) is 0 Å². The largest absolute Gasteiger partial charge is 0.387 e. The summed E-state index contributed by atoms with van der Waals surface area (Å²) in [4.78, 5) is 24.4. The lowest BCUT2D eigenvalue weighted by Gasteiger charge is -2.25. The molecule has 112 valence electrons. The van der Waals surface area contributed by atoms with Gasteiger partial charge in [0.05, 0.1) is 0 Å². The minimum atomic E-state index is -3.49. The average molecular weight is 292 g/mol. The first-order valence-corrected chi connectivity index (χ1v) is 5.56. The molecule has 10 heteroatoms. The third kappa shape index (κ3) is 2.27. The van der Waals surface area contributed by atoms with Gasteiger partial charge in [-0.1, -0.05) is 0 Å². The van der Waals surface area contributed by atoms with Crippen LogP contribution in [0.3, 0.4) is 0 Å². The van der Waals surface area contributed by atoms with Crippen LogP contribution in [-0.4, -0.2) is 53.8 Å². The van der Waals surface area contributed by atoms with Gasteiger partial charge in [-0.05, 0) is 6.92 Å². The van der Waals surface area contributed by atoms with Crippen LogP contribution in [0.25, 0.3) is 0 Å². The fourth-order valence-electron chi connectivity index (χ4n) is 2.04. The van der Waals surface area contributed by atoms with E-state index in [0.29, 0.717) is 4.57 Å². The lowest BCUT2D eigenvalue weighted by atomic mass is 9.97. The second-order valence-electron chi connectivity index (χ2n) is 4.71. The second-order valence-corrected chi connectivity index (χ2v) is 4.71. The summed E-state index contributed by atoms with van der Waals surface area (Å²) in [5, 5.41) is 36.7. The van der Waals surface area contributed by atoms with E-state index >= 15 is 0 Å². The predicted molar refractivity (Wildman–Crippen MR) is 60.1 cm³/mol. The van der Waals surface area contributed by atoms with Gasteiger partial charge >= 0.3 is 11.7 Å². The molecule has 9 nitrogen and oxygen atoms in total. The van der Waals surface area contributed by atoms with Gasteiger partial charge in [0.15, 0.2) is 18.0 Å². The number of ether oxygens (including phenoxy) is 1. The summed E-state index contributed by atoms with van der Waals surface area (Å²) in [6.07, 6.45) is -5.06. The summed E-state index contributed by atoms with van der Waals surface area (Å²) < 4.78 is 19.9. The monoisotopic (exact) mass is 292 g/mol. The Bertz CT molecular complexity index is 617. The Balaban J connectivity index is 2.47. The molecule has 0 saturated carbocycles. The number of alkyl halides is 1. The van der Waals surface area contributed by atoms with Gasteiger partial charge in [0.25, 0.3) is 5.56 Å². The number of H-pyrrole nitrogens is 1. The number of aromatic nitrogens is 2. The number of aliphatic hydroxyl groups excluding tert-OH is 1. The standard InChI is InChI=1S/C10H13FN2O7/c1-9(11)5(15)6(10(17,18)19)20-7(9)13-3-2-4(14)12-8(13)16/h2-3,5-7,15,17-19H,1H3,(H,12,14,16)/t5?,6-,7?,9?/m0/s1. The van der Waals surface area contributed by atoms with Crippen LogP contribution < -0.4 is 11.2 Å². The molecule has 0 radical (unpaired) electrons. The Hall–Kier alpha value is -1.59. The first-order valence-electron chi connectivity index (χ1n) is 5.56. The fraction of sp³-hybridized carbons (Fsp3) is 0.600. The maximum atomic E-state index is 14.5. The summed E-state index contributed by atoms with van der Waals surface area (Å²) in [5.41, 5.74) is -4.35. The summed E-state index contributed by atoms with van der Waals surface area (Å²) in [7, 11) is 0. The van der Waals surface area contributed by atoms with Crippen LogP contribution in [0.1, 0.15) is 13.2 Å². The molecule has 2 rings (SSSR count). The zero-order valence-electron chi connectivity index (χ0n) is 10.2. The highest BCUT2D eigenvalue weighted by molar-refractivity contribution is 5.02. The molecule has 0 spiro atoms. The number of aliphatic hydroxyl groups is 4. The van der Waals surface area contributed by atoms with Crippen molar-refractivity contribution < 1.29 is 29.6 Å². The Morgan fingerprint density at radius 3 is 2.50 bits per heavy atom. The van der Waals surface area contributed by atoms with Crippen molar-refractivity contribution in [3.8, 4) is 0 Å². The molecular formula is C10H13FN2O7. The van der Waals surface area contributed by atoms with E-state index < -0.39 is 41.3 Å². The van der Waals surface area contributed by atoms with Gasteiger partial charge in [-0.15, -0.1) is 0 Å². The molecule has 4 atom stereocenters. The van der Waals surface area contributed by atoms with E-state index in [2.05, 4.69) is 0 Å². The van der Waals surface area contributed by atoms with Crippen molar-refractivity contribution in [2.75, 3.05) is 0 Å². The number of rotatable bonds is 2. The molecule has 5 N–H and O–H groups in total. The highest BCUT2D eigenvalue weighted by Gasteiger charge is 2.61. The Morgan fingerprint density at radius 2 is 2.05 bits per heavy atom. The maximum absolute atomic E-state index is 14.5. The molecule has 1 aliphatic heterocycles. The zero-order valence-corrected chi connectivity index (χ0v) is 10.2. The lowest BCUT2D eigenvalue weighted by Crippen LogP contribution is -2.51. The molecule has 0 amide bonds. The number of hydrogen-bond donors (Lipinski definition) is 5. The van der Waals surface area contributed by atoms with E-state index in [9.17, 15) is 19.1 Å². The van der Waals surface area contributed by atoms with Crippen LogP contribution in [0.2, 0.25) is 0 Å². The third-order valence-corrected chi connectivity index (χ3v) is 3.11. The van der Waals surface area contributed by atoms with Crippen molar-refractivity contribution >= 4 is 0 Å². The van der Waals surface area contributed by atoms with Crippen molar-refractivity contribution in [1.82, 2.24) is 9.55 Å². The Morgan fingerprint density at radius 1 is 1.45 bits per heavy atom. The van der Waals surface area contributed by atoms with Gasteiger partial charge in [-0.2, -0.15) is 0 Å². The number of aromatic amines is 1. The van der Waals surface area contributed by atoms with Crippen molar-refractivity contribution in [3.63, 3.8) is 0 Å². The quantitative estimate of drug-likeness (QED) is 0.369. The lowest BCUT2D eigenvalue weighted by molar-refractivity contribution is -0.368. The maximum Gasteiger partial charge on any atom is 0.330 e. The van der Waals surface area contributed by atoms with Crippen LogP contribution >= 0.6 is 0 Å². The molecular weight excluding hydrogens is 279 g/mol. The van der Waals surface area contributed by atoms with Crippen molar-refractivity contribution in [3.05, 3.63) is 33.1 Å². The van der Waals surface area contributed by atoms with Gasteiger partial charge in [0.2, 0.25) is 0 Å². The van der Waals surface area contributed by atoms with E-state index in [4.69, 9.17) is 20.1 Å². The summed E-state index contributed by atoms with van der Waals surface area (Å²) >= 11 is 0. The SMILES string of the molecule is CC1(F)C(O)[C@@H](C(O)(O)O)OC1n1ccc(=O)[nH]c1=O. The molecule has 0 bridgehead atoms. The first-order chi connectivity index (χ1) is 9.05. The minimum absolute atomic E-state index is 0.621. The molecule has 2 heterocycles. The van der Waals surface area contributed by atoms with E-state index in [1.54, 1.807) is 0 Å². The summed E-state index contributed by atoms with van der Waals surface area (Å²) in [6, 6.07) is 0.921. The van der Waals surface area contributed by atoms with Gasteiger partial charge in [0.1, 0.15) is 6.10 Å². The highest BCUT2D eigenvalue weighted by Crippen LogP contribution is 2.42.